The van der Waals surface area contributed by atoms with E-state index in [1.807, 2.05) is 0 Å². The van der Waals surface area contributed by atoms with E-state index in [0.29, 0.717) is 5.41 Å². The lowest BCUT2D eigenvalue weighted by atomic mass is 9.90. The maximum atomic E-state index is 2.72. The number of likely N-dealkylation sites (N-methyl/N-ethyl adjacent to an activating group) is 1. The maximum Gasteiger partial charge on any atom is 0.0239 e. The highest BCUT2D eigenvalue weighted by Crippen LogP contribution is 2.30. The first-order chi connectivity index (χ1) is 6.96. The molecule has 2 heterocycles. The largest absolute Gasteiger partial charge is 0.301 e. The summed E-state index contributed by atoms with van der Waals surface area (Å²) in [5.41, 5.74) is 0.509. The first-order valence-electron chi connectivity index (χ1n) is 6.40. The Hall–Kier alpha value is -0.0800. The number of nitrogens with zero attached hydrogens (tertiary/aromatic N) is 2. The lowest BCUT2D eigenvalue weighted by Gasteiger charge is -2.32. The van der Waals surface area contributed by atoms with Crippen LogP contribution in [0.1, 0.15) is 40.0 Å². The van der Waals surface area contributed by atoms with Crippen molar-refractivity contribution in [2.75, 3.05) is 26.7 Å². The van der Waals surface area contributed by atoms with Crippen LogP contribution in [0.3, 0.4) is 0 Å². The van der Waals surface area contributed by atoms with Crippen LogP contribution >= 0.6 is 0 Å². The number of piperazine rings is 1. The summed E-state index contributed by atoms with van der Waals surface area (Å²) in [5, 5.41) is 0. The van der Waals surface area contributed by atoms with Crippen LogP contribution in [0.25, 0.3) is 0 Å². The molecule has 2 heteroatoms. The van der Waals surface area contributed by atoms with E-state index in [1.165, 1.54) is 38.9 Å². The van der Waals surface area contributed by atoms with Crippen molar-refractivity contribution in [3.8, 4) is 0 Å². The molecule has 2 rings (SSSR count). The Morgan fingerprint density at radius 1 is 1.13 bits per heavy atom. The highest BCUT2D eigenvalue weighted by atomic mass is 15.3. The molecule has 88 valence electrons. The third-order valence-corrected chi connectivity index (χ3v) is 4.00. The normalized spacial score (nSPS) is 32.8. The number of hydrogen-bond acceptors (Lipinski definition) is 2. The average molecular weight is 210 g/mol. The molecule has 0 aromatic carbocycles. The summed E-state index contributed by atoms with van der Waals surface area (Å²) in [7, 11) is 2.27. The van der Waals surface area contributed by atoms with Crippen LogP contribution in [-0.2, 0) is 0 Å². The zero-order valence-electron chi connectivity index (χ0n) is 10.8. The van der Waals surface area contributed by atoms with Crippen LogP contribution in [0.2, 0.25) is 0 Å². The van der Waals surface area contributed by atoms with Gasteiger partial charge in [0.05, 0.1) is 0 Å². The summed E-state index contributed by atoms with van der Waals surface area (Å²) in [5.74, 6) is 0. The fourth-order valence-corrected chi connectivity index (χ4v) is 3.03. The molecular weight excluding hydrogens is 184 g/mol. The Labute approximate surface area is 94.6 Å². The van der Waals surface area contributed by atoms with Crippen molar-refractivity contribution in [2.45, 2.75) is 52.1 Å². The summed E-state index contributed by atoms with van der Waals surface area (Å²) in [4.78, 5) is 5.25. The van der Waals surface area contributed by atoms with Crippen LogP contribution in [-0.4, -0.2) is 48.6 Å². The fourth-order valence-electron chi connectivity index (χ4n) is 3.03. The molecule has 15 heavy (non-hydrogen) atoms. The summed E-state index contributed by atoms with van der Waals surface area (Å²) < 4.78 is 0. The zero-order valence-corrected chi connectivity index (χ0v) is 10.8. The van der Waals surface area contributed by atoms with E-state index >= 15 is 0 Å². The topological polar surface area (TPSA) is 6.48 Å². The van der Waals surface area contributed by atoms with Gasteiger partial charge in [-0.15, -0.1) is 0 Å². The Balaban J connectivity index is 1.70. The maximum absolute atomic E-state index is 2.72. The van der Waals surface area contributed by atoms with Gasteiger partial charge in [0.25, 0.3) is 0 Å². The van der Waals surface area contributed by atoms with E-state index in [4.69, 9.17) is 0 Å². The van der Waals surface area contributed by atoms with Gasteiger partial charge in [-0.2, -0.15) is 0 Å². The molecule has 2 bridgehead atoms. The van der Waals surface area contributed by atoms with Gasteiger partial charge in [0.15, 0.2) is 0 Å². The van der Waals surface area contributed by atoms with Gasteiger partial charge in [-0.05, 0) is 38.3 Å². The molecule has 0 radical (unpaired) electrons. The number of rotatable bonds is 3. The first-order valence-corrected chi connectivity index (χ1v) is 6.40. The molecule has 0 unspecified atom stereocenters. The summed E-state index contributed by atoms with van der Waals surface area (Å²) >= 11 is 0. The fraction of sp³-hybridized carbons (Fsp3) is 1.00. The lowest BCUT2D eigenvalue weighted by Crippen LogP contribution is -2.44. The second kappa shape index (κ2) is 4.06. The highest BCUT2D eigenvalue weighted by molar-refractivity contribution is 4.98. The van der Waals surface area contributed by atoms with E-state index in [0.717, 1.165) is 12.1 Å². The van der Waals surface area contributed by atoms with Gasteiger partial charge in [-0.3, -0.25) is 4.90 Å². The predicted molar refractivity (Wildman–Crippen MR) is 65.1 cm³/mol. The molecule has 2 fully saturated rings. The van der Waals surface area contributed by atoms with E-state index in [-0.39, 0.29) is 0 Å². The summed E-state index contributed by atoms with van der Waals surface area (Å²) in [6, 6.07) is 1.74. The van der Waals surface area contributed by atoms with Crippen LogP contribution in [0.15, 0.2) is 0 Å². The van der Waals surface area contributed by atoms with E-state index in [2.05, 4.69) is 37.6 Å². The molecule has 2 aliphatic heterocycles. The van der Waals surface area contributed by atoms with E-state index < -0.39 is 0 Å². The molecule has 2 saturated heterocycles. The minimum absolute atomic E-state index is 0.509. The van der Waals surface area contributed by atoms with Crippen molar-refractivity contribution in [1.82, 2.24) is 9.80 Å². The monoisotopic (exact) mass is 210 g/mol. The number of hydrogen-bond donors (Lipinski definition) is 0. The Morgan fingerprint density at radius 2 is 1.87 bits per heavy atom. The first kappa shape index (κ1) is 11.4. The molecule has 2 aliphatic rings. The van der Waals surface area contributed by atoms with Crippen molar-refractivity contribution in [1.29, 1.82) is 0 Å². The average Bonchev–Trinajstić information content (AvgIpc) is 2.60. The molecule has 0 aromatic heterocycles. The van der Waals surface area contributed by atoms with Crippen molar-refractivity contribution in [3.05, 3.63) is 0 Å². The molecule has 2 nitrogen and oxygen atoms in total. The minimum Gasteiger partial charge on any atom is -0.301 e. The molecule has 0 N–H and O–H groups in total. The van der Waals surface area contributed by atoms with Gasteiger partial charge in [0.1, 0.15) is 0 Å². The van der Waals surface area contributed by atoms with Crippen LogP contribution < -0.4 is 0 Å². The van der Waals surface area contributed by atoms with Crippen molar-refractivity contribution in [2.24, 2.45) is 5.41 Å². The Kier molecular flexibility index (Phi) is 3.09. The van der Waals surface area contributed by atoms with Crippen LogP contribution in [0.5, 0.6) is 0 Å². The number of likely N-dealkylation sites (tertiary alicyclic amines) is 2. The van der Waals surface area contributed by atoms with Crippen molar-refractivity contribution in [3.63, 3.8) is 0 Å². The summed E-state index contributed by atoms with van der Waals surface area (Å²) in [6.07, 6.45) is 4.15. The predicted octanol–water partition coefficient (Wildman–Crippen LogP) is 2.20. The van der Waals surface area contributed by atoms with Gasteiger partial charge in [-0.25, -0.2) is 0 Å². The second-order valence-corrected chi connectivity index (χ2v) is 6.64. The van der Waals surface area contributed by atoms with Crippen molar-refractivity contribution < 1.29 is 0 Å². The molecule has 0 aliphatic carbocycles. The smallest absolute Gasteiger partial charge is 0.0239 e. The SMILES string of the molecule is CN1C[C@@H]2C[C@H]1CN2CCCC(C)(C)C. The zero-order chi connectivity index (χ0) is 11.1. The van der Waals surface area contributed by atoms with Crippen LogP contribution in [0, 0.1) is 5.41 Å². The molecular formula is C13H26N2. The molecule has 0 spiro atoms. The Bertz CT molecular complexity index is 217. The van der Waals surface area contributed by atoms with Gasteiger partial charge in [0, 0.05) is 25.2 Å². The standard InChI is InChI=1S/C13H26N2/c1-13(2,3)6-5-7-15-10-11-8-12(15)9-14(11)4/h11-12H,5-10H2,1-4H3/t11-,12-/m0/s1. The highest BCUT2D eigenvalue weighted by Gasteiger charge is 2.40. The molecule has 0 amide bonds. The second-order valence-electron chi connectivity index (χ2n) is 6.64. The molecule has 2 atom stereocenters. The van der Waals surface area contributed by atoms with Crippen LogP contribution in [0.4, 0.5) is 0 Å². The summed E-state index contributed by atoms with van der Waals surface area (Å²) in [6.45, 7) is 11.0. The molecule has 0 aromatic rings. The van der Waals surface area contributed by atoms with Gasteiger partial charge in [0.2, 0.25) is 0 Å². The third-order valence-electron chi connectivity index (χ3n) is 4.00. The van der Waals surface area contributed by atoms with Gasteiger partial charge < -0.3 is 4.90 Å². The van der Waals surface area contributed by atoms with Gasteiger partial charge >= 0.3 is 0 Å². The van der Waals surface area contributed by atoms with E-state index in [1.54, 1.807) is 0 Å². The minimum atomic E-state index is 0.509. The van der Waals surface area contributed by atoms with Crippen molar-refractivity contribution >= 4 is 0 Å². The Morgan fingerprint density at radius 3 is 2.33 bits per heavy atom. The lowest BCUT2D eigenvalue weighted by molar-refractivity contribution is 0.143. The number of fused-ring (bicyclic) bond motifs is 2. The quantitative estimate of drug-likeness (QED) is 0.704. The van der Waals surface area contributed by atoms with E-state index in [9.17, 15) is 0 Å². The third kappa shape index (κ3) is 2.73. The van der Waals surface area contributed by atoms with Gasteiger partial charge in [-0.1, -0.05) is 20.8 Å². The molecule has 0 saturated carbocycles.